The van der Waals surface area contributed by atoms with Crippen molar-refractivity contribution < 1.29 is 17.6 Å². The fraction of sp³-hybridized carbons (Fsp3) is 0.235. The van der Waals surface area contributed by atoms with Crippen LogP contribution in [-0.2, 0) is 21.2 Å². The zero-order valence-electron chi connectivity index (χ0n) is 13.4. The number of carbonyl (C=O) groups excluding carboxylic acids is 1. The highest BCUT2D eigenvalue weighted by molar-refractivity contribution is 7.89. The predicted molar refractivity (Wildman–Crippen MR) is 89.1 cm³/mol. The van der Waals surface area contributed by atoms with Crippen molar-refractivity contribution in [2.24, 2.45) is 5.14 Å². The molecule has 2 aromatic carbocycles. The van der Waals surface area contributed by atoms with E-state index in [1.54, 1.807) is 37.4 Å². The Morgan fingerprint density at radius 1 is 1.17 bits per heavy atom. The summed E-state index contributed by atoms with van der Waals surface area (Å²) >= 11 is 0. The molecule has 128 valence electrons. The van der Waals surface area contributed by atoms with E-state index in [0.717, 1.165) is 5.56 Å². The number of sulfonamides is 1. The molecule has 1 unspecified atom stereocenters. The molecule has 7 heteroatoms. The average Bonchev–Trinajstić information content (AvgIpc) is 2.55. The van der Waals surface area contributed by atoms with E-state index < -0.39 is 15.8 Å². The van der Waals surface area contributed by atoms with Gasteiger partial charge in [-0.1, -0.05) is 30.3 Å². The number of hydrogen-bond donors (Lipinski definition) is 1. The minimum absolute atomic E-state index is 0.0128. The molecule has 0 radical (unpaired) electrons. The van der Waals surface area contributed by atoms with Crippen LogP contribution in [-0.4, -0.2) is 26.3 Å². The first-order chi connectivity index (χ1) is 11.2. The summed E-state index contributed by atoms with van der Waals surface area (Å²) in [6.07, 6.45) is -0.0389. The molecule has 2 rings (SSSR count). The van der Waals surface area contributed by atoms with Crippen LogP contribution in [0, 0.1) is 5.82 Å². The summed E-state index contributed by atoms with van der Waals surface area (Å²) in [6, 6.07) is 11.9. The van der Waals surface area contributed by atoms with E-state index in [0.29, 0.717) is 5.56 Å². The molecular weight excluding hydrogens is 331 g/mol. The average molecular weight is 350 g/mol. The maximum absolute atomic E-state index is 13.7. The fourth-order valence-corrected chi connectivity index (χ4v) is 2.82. The Labute approximate surface area is 141 Å². The van der Waals surface area contributed by atoms with Crippen molar-refractivity contribution in [2.45, 2.75) is 24.3 Å². The first-order valence-electron chi connectivity index (χ1n) is 7.32. The molecule has 0 spiro atoms. The number of nitrogens with zero attached hydrogens (tertiary/aromatic N) is 1. The molecule has 0 saturated heterocycles. The lowest BCUT2D eigenvalue weighted by Gasteiger charge is -2.25. The van der Waals surface area contributed by atoms with Gasteiger partial charge >= 0.3 is 0 Å². The minimum atomic E-state index is -3.75. The monoisotopic (exact) mass is 350 g/mol. The van der Waals surface area contributed by atoms with Crippen molar-refractivity contribution in [3.63, 3.8) is 0 Å². The largest absolute Gasteiger partial charge is 0.339 e. The normalized spacial score (nSPS) is 12.7. The summed E-state index contributed by atoms with van der Waals surface area (Å²) in [5.41, 5.74) is 1.10. The Bertz CT molecular complexity index is 835. The summed E-state index contributed by atoms with van der Waals surface area (Å²) in [5.74, 6) is -0.646. The van der Waals surface area contributed by atoms with Gasteiger partial charge in [0.05, 0.1) is 17.4 Å². The van der Waals surface area contributed by atoms with Crippen molar-refractivity contribution >= 4 is 15.9 Å². The van der Waals surface area contributed by atoms with E-state index in [9.17, 15) is 17.6 Å². The molecule has 0 aliphatic carbocycles. The summed E-state index contributed by atoms with van der Waals surface area (Å²) in [7, 11) is -2.12. The van der Waals surface area contributed by atoms with Gasteiger partial charge in [-0.2, -0.15) is 0 Å². The lowest BCUT2D eigenvalue weighted by Crippen LogP contribution is -2.31. The van der Waals surface area contributed by atoms with Gasteiger partial charge in [0.15, 0.2) is 0 Å². The third kappa shape index (κ3) is 4.18. The van der Waals surface area contributed by atoms with Gasteiger partial charge in [0.2, 0.25) is 15.9 Å². The topological polar surface area (TPSA) is 80.5 Å². The number of primary sulfonamides is 1. The zero-order valence-corrected chi connectivity index (χ0v) is 14.3. The minimum Gasteiger partial charge on any atom is -0.339 e. The fourth-order valence-electron chi connectivity index (χ4n) is 2.30. The van der Waals surface area contributed by atoms with Gasteiger partial charge in [0.1, 0.15) is 5.82 Å². The lowest BCUT2D eigenvalue weighted by atomic mass is 10.1. The standard InChI is InChI=1S/C17H19FN2O3S/c1-12(13-7-9-15(10-8-13)24(19,22)23)20(2)17(21)11-14-5-3-4-6-16(14)18/h3-10,12H,11H2,1-2H3,(H2,19,22,23). The second kappa shape index (κ2) is 7.11. The predicted octanol–water partition coefficient (Wildman–Crippen LogP) is 2.24. The van der Waals surface area contributed by atoms with Gasteiger partial charge in [-0.05, 0) is 36.2 Å². The third-order valence-electron chi connectivity index (χ3n) is 3.96. The van der Waals surface area contributed by atoms with E-state index in [1.165, 1.54) is 23.1 Å². The van der Waals surface area contributed by atoms with E-state index in [2.05, 4.69) is 0 Å². The van der Waals surface area contributed by atoms with E-state index in [1.807, 2.05) is 6.92 Å². The van der Waals surface area contributed by atoms with Crippen LogP contribution in [0.5, 0.6) is 0 Å². The number of halogens is 1. The number of amides is 1. The van der Waals surface area contributed by atoms with Gasteiger partial charge < -0.3 is 4.90 Å². The van der Waals surface area contributed by atoms with Crippen molar-refractivity contribution in [3.05, 3.63) is 65.5 Å². The quantitative estimate of drug-likeness (QED) is 0.898. The third-order valence-corrected chi connectivity index (χ3v) is 4.89. The molecule has 1 amide bonds. The summed E-state index contributed by atoms with van der Waals surface area (Å²) in [6.45, 7) is 1.81. The maximum Gasteiger partial charge on any atom is 0.238 e. The van der Waals surface area contributed by atoms with Crippen molar-refractivity contribution in [1.29, 1.82) is 0 Å². The molecule has 0 saturated carbocycles. The molecule has 24 heavy (non-hydrogen) atoms. The first-order valence-corrected chi connectivity index (χ1v) is 8.86. The Balaban J connectivity index is 2.12. The molecule has 2 N–H and O–H groups in total. The Kier molecular flexibility index (Phi) is 5.36. The number of hydrogen-bond acceptors (Lipinski definition) is 3. The molecule has 1 atom stereocenters. The highest BCUT2D eigenvalue weighted by atomic mass is 32.2. The molecule has 0 aromatic heterocycles. The molecule has 0 bridgehead atoms. The smallest absolute Gasteiger partial charge is 0.238 e. The van der Waals surface area contributed by atoms with Crippen molar-refractivity contribution in [1.82, 2.24) is 4.90 Å². The van der Waals surface area contributed by atoms with Gasteiger partial charge in [-0.15, -0.1) is 0 Å². The molecule has 0 aliphatic heterocycles. The molecule has 0 fully saturated rings. The molecule has 0 aliphatic rings. The van der Waals surface area contributed by atoms with Crippen molar-refractivity contribution in [2.75, 3.05) is 7.05 Å². The van der Waals surface area contributed by atoms with Crippen LogP contribution in [0.1, 0.15) is 24.1 Å². The Hall–Kier alpha value is -2.25. The number of benzene rings is 2. The first kappa shape index (κ1) is 18.1. The van der Waals surface area contributed by atoms with Crippen molar-refractivity contribution in [3.8, 4) is 0 Å². The molecular formula is C17H19FN2O3S. The SMILES string of the molecule is CC(c1ccc(S(N)(=O)=O)cc1)N(C)C(=O)Cc1ccccc1F. The molecule has 0 heterocycles. The van der Waals surface area contributed by atoms with Gasteiger partial charge in [0, 0.05) is 7.05 Å². The van der Waals surface area contributed by atoms with E-state index in [4.69, 9.17) is 5.14 Å². The highest BCUT2D eigenvalue weighted by Gasteiger charge is 2.19. The maximum atomic E-state index is 13.7. The van der Waals surface area contributed by atoms with Crippen LogP contribution in [0.2, 0.25) is 0 Å². The van der Waals surface area contributed by atoms with Gasteiger partial charge in [0.25, 0.3) is 0 Å². The summed E-state index contributed by atoms with van der Waals surface area (Å²) in [4.78, 5) is 13.9. The molecule has 2 aromatic rings. The number of rotatable bonds is 5. The van der Waals surface area contributed by atoms with Crippen LogP contribution in [0.15, 0.2) is 53.4 Å². The van der Waals surface area contributed by atoms with Crippen LogP contribution in [0.3, 0.4) is 0 Å². The summed E-state index contributed by atoms with van der Waals surface area (Å²) in [5, 5.41) is 5.06. The van der Waals surface area contributed by atoms with Crippen LogP contribution in [0.25, 0.3) is 0 Å². The Morgan fingerprint density at radius 3 is 2.29 bits per heavy atom. The molecule has 5 nitrogen and oxygen atoms in total. The highest BCUT2D eigenvalue weighted by Crippen LogP contribution is 2.21. The second-order valence-electron chi connectivity index (χ2n) is 5.56. The van der Waals surface area contributed by atoms with E-state index >= 15 is 0 Å². The van der Waals surface area contributed by atoms with Crippen LogP contribution >= 0.6 is 0 Å². The van der Waals surface area contributed by atoms with Crippen LogP contribution in [0.4, 0.5) is 4.39 Å². The Morgan fingerprint density at radius 2 is 1.75 bits per heavy atom. The second-order valence-corrected chi connectivity index (χ2v) is 7.12. The number of nitrogens with two attached hydrogens (primary N) is 1. The number of carbonyl (C=O) groups is 1. The summed E-state index contributed by atoms with van der Waals surface area (Å²) < 4.78 is 36.2. The zero-order chi connectivity index (χ0) is 17.9. The van der Waals surface area contributed by atoms with Crippen LogP contribution < -0.4 is 5.14 Å². The lowest BCUT2D eigenvalue weighted by molar-refractivity contribution is -0.131. The number of likely N-dealkylation sites (N-methyl/N-ethyl adjacent to an activating group) is 1. The van der Waals surface area contributed by atoms with Gasteiger partial charge in [-0.25, -0.2) is 17.9 Å². The van der Waals surface area contributed by atoms with E-state index in [-0.39, 0.29) is 23.3 Å². The van der Waals surface area contributed by atoms with Gasteiger partial charge in [-0.3, -0.25) is 4.79 Å².